The number of halogens is 2. The number of nitrogens with one attached hydrogen (secondary N) is 3. The van der Waals surface area contributed by atoms with E-state index >= 15 is 0 Å². The summed E-state index contributed by atoms with van der Waals surface area (Å²) in [4.78, 5) is 4.03. The van der Waals surface area contributed by atoms with E-state index in [0.717, 1.165) is 23.6 Å². The molecule has 2 heterocycles. The van der Waals surface area contributed by atoms with Crippen molar-refractivity contribution in [1.29, 1.82) is 5.41 Å². The number of anilines is 1. The van der Waals surface area contributed by atoms with Gasteiger partial charge in [-0.25, -0.2) is 14.9 Å². The molecule has 1 aromatic carbocycles. The predicted octanol–water partition coefficient (Wildman–Crippen LogP) is 4.68. The molecule has 0 unspecified atom stereocenters. The third-order valence-corrected chi connectivity index (χ3v) is 5.94. The zero-order valence-corrected chi connectivity index (χ0v) is 20.3. The number of aromatic nitrogens is 3. The highest BCUT2D eigenvalue weighted by Gasteiger charge is 2.22. The van der Waals surface area contributed by atoms with E-state index in [1.165, 1.54) is 31.2 Å². The number of benzene rings is 1. The normalized spacial score (nSPS) is 13.6. The molecule has 10 heteroatoms. The van der Waals surface area contributed by atoms with Crippen LogP contribution in [-0.4, -0.2) is 32.7 Å². The lowest BCUT2D eigenvalue weighted by Gasteiger charge is -2.15. The minimum absolute atomic E-state index is 0.0194. The highest BCUT2D eigenvalue weighted by molar-refractivity contribution is 9.10. The summed E-state index contributed by atoms with van der Waals surface area (Å²) in [6.07, 6.45) is 10.2. The summed E-state index contributed by atoms with van der Waals surface area (Å²) >= 11 is 3.32. The molecule has 8 nitrogen and oxygen atoms in total. The lowest BCUT2D eigenvalue weighted by Crippen LogP contribution is -2.14. The smallest absolute Gasteiger partial charge is 0.192 e. The number of pyridine rings is 1. The Morgan fingerprint density at radius 3 is 2.91 bits per heavy atom. The summed E-state index contributed by atoms with van der Waals surface area (Å²) in [5.41, 5.74) is 5.04. The van der Waals surface area contributed by atoms with Crippen LogP contribution >= 0.6 is 15.9 Å². The van der Waals surface area contributed by atoms with Crippen LogP contribution < -0.4 is 15.5 Å². The summed E-state index contributed by atoms with van der Waals surface area (Å²) in [6, 6.07) is 5.91. The minimum atomic E-state index is -0.427. The molecule has 0 spiro atoms. The van der Waals surface area contributed by atoms with Crippen molar-refractivity contribution in [2.45, 2.75) is 32.4 Å². The number of ether oxygens (including phenoxy) is 1. The SMILES string of the molecule is CN/C=C(/Cc1cnn(CC2CC2)c1)C(=N)c1ccc(F)cc1COc1cc(Br)cnc1NO. The van der Waals surface area contributed by atoms with Crippen LogP contribution in [0.5, 0.6) is 5.75 Å². The van der Waals surface area contributed by atoms with Gasteiger partial charge in [0.05, 0.1) is 11.9 Å². The van der Waals surface area contributed by atoms with Crippen LogP contribution in [0.1, 0.15) is 29.5 Å². The molecule has 178 valence electrons. The van der Waals surface area contributed by atoms with Crippen LogP contribution in [0.3, 0.4) is 0 Å². The second kappa shape index (κ2) is 10.8. The summed E-state index contributed by atoms with van der Waals surface area (Å²) in [5.74, 6) is 0.716. The number of rotatable bonds is 11. The zero-order chi connectivity index (χ0) is 24.1. The van der Waals surface area contributed by atoms with Gasteiger partial charge in [-0.15, -0.1) is 0 Å². The van der Waals surface area contributed by atoms with Crippen LogP contribution in [0.4, 0.5) is 10.2 Å². The Bertz CT molecular complexity index is 1210. The summed E-state index contributed by atoms with van der Waals surface area (Å²) in [6.45, 7) is 0.908. The second-order valence-corrected chi connectivity index (χ2v) is 9.14. The first-order chi connectivity index (χ1) is 16.5. The molecule has 1 aliphatic rings. The Morgan fingerprint density at radius 1 is 1.35 bits per heavy atom. The fourth-order valence-corrected chi connectivity index (χ4v) is 3.95. The van der Waals surface area contributed by atoms with Gasteiger partial charge in [-0.1, -0.05) is 0 Å². The van der Waals surface area contributed by atoms with E-state index in [1.807, 2.05) is 22.6 Å². The molecule has 1 saturated carbocycles. The quantitative estimate of drug-likeness (QED) is 0.212. The number of hydrogen-bond donors (Lipinski definition) is 4. The maximum absolute atomic E-state index is 14.1. The summed E-state index contributed by atoms with van der Waals surface area (Å²) in [5, 5.41) is 25.6. The average Bonchev–Trinajstić information content (AvgIpc) is 3.53. The summed E-state index contributed by atoms with van der Waals surface area (Å²) < 4.78 is 22.6. The van der Waals surface area contributed by atoms with Crippen LogP contribution in [0.2, 0.25) is 0 Å². The molecule has 0 saturated heterocycles. The monoisotopic (exact) mass is 528 g/mol. The number of hydrogen-bond acceptors (Lipinski definition) is 7. The Labute approximate surface area is 205 Å². The Balaban J connectivity index is 1.54. The van der Waals surface area contributed by atoms with E-state index in [1.54, 1.807) is 25.4 Å². The van der Waals surface area contributed by atoms with Crippen molar-refractivity contribution >= 4 is 27.5 Å². The first-order valence-corrected chi connectivity index (χ1v) is 11.7. The highest BCUT2D eigenvalue weighted by atomic mass is 79.9. The van der Waals surface area contributed by atoms with Crippen molar-refractivity contribution < 1.29 is 14.3 Å². The molecule has 1 fully saturated rings. The molecule has 0 amide bonds. The largest absolute Gasteiger partial charge is 0.485 e. The van der Waals surface area contributed by atoms with Gasteiger partial charge in [0.15, 0.2) is 11.6 Å². The van der Waals surface area contributed by atoms with Crippen LogP contribution in [0, 0.1) is 17.1 Å². The van der Waals surface area contributed by atoms with E-state index in [9.17, 15) is 9.60 Å². The molecule has 4 rings (SSSR count). The molecule has 0 aliphatic heterocycles. The van der Waals surface area contributed by atoms with E-state index in [-0.39, 0.29) is 23.9 Å². The van der Waals surface area contributed by atoms with Crippen LogP contribution in [0.25, 0.3) is 0 Å². The van der Waals surface area contributed by atoms with Crippen LogP contribution in [-0.2, 0) is 19.6 Å². The van der Waals surface area contributed by atoms with Crippen molar-refractivity contribution in [1.82, 2.24) is 20.1 Å². The van der Waals surface area contributed by atoms with Crippen molar-refractivity contribution in [2.24, 2.45) is 5.92 Å². The van der Waals surface area contributed by atoms with E-state index < -0.39 is 5.82 Å². The standard InChI is InChI=1S/C24H26BrFN6O2/c1-28-10-17(6-16-9-30-32(13-16)12-15-2-3-15)23(27)21-5-4-20(26)7-18(21)14-34-22-8-19(25)11-29-24(22)31-33/h4-5,7-11,13,15,27-28,33H,2-3,6,12,14H2,1H3,(H,29,31)/b17-10-,27-23?. The predicted molar refractivity (Wildman–Crippen MR) is 131 cm³/mol. The third-order valence-electron chi connectivity index (χ3n) is 5.51. The van der Waals surface area contributed by atoms with Gasteiger partial charge in [-0.2, -0.15) is 5.10 Å². The van der Waals surface area contributed by atoms with E-state index in [0.29, 0.717) is 22.0 Å². The van der Waals surface area contributed by atoms with Gasteiger partial charge in [-0.3, -0.25) is 15.3 Å². The molecule has 0 bridgehead atoms. The zero-order valence-electron chi connectivity index (χ0n) is 18.7. The molecule has 2 aromatic heterocycles. The fourth-order valence-electron chi connectivity index (χ4n) is 3.64. The Hall–Kier alpha value is -3.24. The van der Waals surface area contributed by atoms with E-state index in [2.05, 4.69) is 31.3 Å². The average molecular weight is 529 g/mol. The molecule has 0 radical (unpaired) electrons. The van der Waals surface area contributed by atoms with Gasteiger partial charge in [-0.05, 0) is 70.1 Å². The van der Waals surface area contributed by atoms with Crippen molar-refractivity contribution in [3.8, 4) is 5.75 Å². The molecule has 4 N–H and O–H groups in total. The first-order valence-electron chi connectivity index (χ1n) is 10.9. The fraction of sp³-hybridized carbons (Fsp3) is 0.292. The molecule has 34 heavy (non-hydrogen) atoms. The minimum Gasteiger partial charge on any atom is -0.485 e. The molecular formula is C24H26BrFN6O2. The molecular weight excluding hydrogens is 503 g/mol. The van der Waals surface area contributed by atoms with Gasteiger partial charge in [0.2, 0.25) is 0 Å². The molecule has 3 aromatic rings. The number of allylic oxidation sites excluding steroid dienone is 1. The molecule has 0 atom stereocenters. The van der Waals surface area contributed by atoms with Gasteiger partial charge in [0, 0.05) is 54.2 Å². The maximum atomic E-state index is 14.1. The summed E-state index contributed by atoms with van der Waals surface area (Å²) in [7, 11) is 1.78. The third kappa shape index (κ3) is 6.00. The van der Waals surface area contributed by atoms with Crippen LogP contribution in [0.15, 0.2) is 59.1 Å². The Morgan fingerprint density at radius 2 is 2.18 bits per heavy atom. The molecule has 1 aliphatic carbocycles. The van der Waals surface area contributed by atoms with Gasteiger partial charge in [0.1, 0.15) is 12.4 Å². The lowest BCUT2D eigenvalue weighted by molar-refractivity contribution is 0.299. The van der Waals surface area contributed by atoms with Gasteiger partial charge < -0.3 is 10.1 Å². The van der Waals surface area contributed by atoms with Crippen molar-refractivity contribution in [2.75, 3.05) is 12.5 Å². The first kappa shape index (κ1) is 23.9. The van der Waals surface area contributed by atoms with Gasteiger partial charge in [0.25, 0.3) is 0 Å². The van der Waals surface area contributed by atoms with Crippen molar-refractivity contribution in [3.05, 3.63) is 81.6 Å². The van der Waals surface area contributed by atoms with E-state index in [4.69, 9.17) is 10.1 Å². The Kier molecular flexibility index (Phi) is 7.59. The lowest BCUT2D eigenvalue weighted by atomic mass is 9.95. The van der Waals surface area contributed by atoms with Crippen molar-refractivity contribution in [3.63, 3.8) is 0 Å². The maximum Gasteiger partial charge on any atom is 0.192 e. The second-order valence-electron chi connectivity index (χ2n) is 8.23. The number of nitrogens with zero attached hydrogens (tertiary/aromatic N) is 3. The topological polar surface area (TPSA) is 108 Å². The highest BCUT2D eigenvalue weighted by Crippen LogP contribution is 2.30. The van der Waals surface area contributed by atoms with Gasteiger partial charge >= 0.3 is 0 Å².